The van der Waals surface area contributed by atoms with Gasteiger partial charge in [-0.15, -0.1) is 0 Å². The van der Waals surface area contributed by atoms with Crippen LogP contribution in [0.2, 0.25) is 5.02 Å². The zero-order valence-corrected chi connectivity index (χ0v) is 20.7. The van der Waals surface area contributed by atoms with Crippen molar-refractivity contribution in [2.75, 3.05) is 18.0 Å². The molecule has 4 rings (SSSR count). The lowest BCUT2D eigenvalue weighted by atomic mass is 10.1. The van der Waals surface area contributed by atoms with E-state index in [4.69, 9.17) is 27.1 Å². The molecule has 0 saturated carbocycles. The highest BCUT2D eigenvalue weighted by molar-refractivity contribution is 6.31. The first-order valence-corrected chi connectivity index (χ1v) is 11.8. The monoisotopic (exact) mass is 500 g/mol. The number of carbonyl (C=O) groups excluding carboxylic acids is 2. The molecule has 0 radical (unpaired) electrons. The molecule has 35 heavy (non-hydrogen) atoms. The van der Waals surface area contributed by atoms with Gasteiger partial charge >= 0.3 is 6.09 Å². The minimum atomic E-state index is -0.745. The number of H-pyrrole nitrogens is 1. The van der Waals surface area contributed by atoms with Crippen LogP contribution in [0.1, 0.15) is 49.7 Å². The summed E-state index contributed by atoms with van der Waals surface area (Å²) in [6.45, 7) is 6.90. The number of nitrogens with two attached hydrogens (primary N) is 1. The van der Waals surface area contributed by atoms with Crippen LogP contribution in [0, 0.1) is 0 Å². The minimum absolute atomic E-state index is 0.0143. The van der Waals surface area contributed by atoms with E-state index in [1.54, 1.807) is 10.6 Å². The SMILES string of the molecule is CC(C)(C)OC(=O)N[C@@H]1CCCN(c2nc3cc(C(N)=O)[nH]c(=O)c3n2Cc2ccccc2Cl)C1. The predicted octanol–water partition coefficient (Wildman–Crippen LogP) is 3.02. The van der Waals surface area contributed by atoms with Crippen LogP contribution < -0.4 is 21.5 Å². The van der Waals surface area contributed by atoms with E-state index in [0.717, 1.165) is 18.4 Å². The van der Waals surface area contributed by atoms with Gasteiger partial charge in [0, 0.05) is 24.2 Å². The van der Waals surface area contributed by atoms with Gasteiger partial charge < -0.3 is 30.2 Å². The molecule has 1 aliphatic heterocycles. The van der Waals surface area contributed by atoms with E-state index in [2.05, 4.69) is 10.3 Å². The van der Waals surface area contributed by atoms with Gasteiger partial charge in [0.05, 0.1) is 12.1 Å². The normalized spacial score (nSPS) is 16.3. The Kier molecular flexibility index (Phi) is 6.75. The van der Waals surface area contributed by atoms with Gasteiger partial charge in [0.15, 0.2) is 0 Å². The van der Waals surface area contributed by atoms with Crippen LogP contribution in [-0.2, 0) is 11.3 Å². The summed E-state index contributed by atoms with van der Waals surface area (Å²) in [6.07, 6.45) is 1.11. The smallest absolute Gasteiger partial charge is 0.407 e. The van der Waals surface area contributed by atoms with E-state index in [0.29, 0.717) is 41.6 Å². The second-order valence-corrected chi connectivity index (χ2v) is 10.0. The van der Waals surface area contributed by atoms with E-state index < -0.39 is 23.2 Å². The molecule has 4 N–H and O–H groups in total. The number of ether oxygens (including phenoxy) is 1. The number of carbonyl (C=O) groups is 2. The van der Waals surface area contributed by atoms with Crippen molar-refractivity contribution in [1.82, 2.24) is 19.9 Å². The average Bonchev–Trinajstić information content (AvgIpc) is 3.13. The van der Waals surface area contributed by atoms with Crippen LogP contribution in [0.15, 0.2) is 35.1 Å². The number of primary amides is 1. The van der Waals surface area contributed by atoms with Gasteiger partial charge in [0.25, 0.3) is 11.5 Å². The van der Waals surface area contributed by atoms with Gasteiger partial charge in [-0.3, -0.25) is 9.59 Å². The summed E-state index contributed by atoms with van der Waals surface area (Å²) in [5.41, 5.74) is 5.79. The Morgan fingerprint density at radius 2 is 2.06 bits per heavy atom. The number of aromatic nitrogens is 3. The van der Waals surface area contributed by atoms with Crippen molar-refractivity contribution in [3.8, 4) is 0 Å². The molecule has 1 atom stereocenters. The molecule has 1 saturated heterocycles. The Hall–Kier alpha value is -3.53. The number of nitrogens with zero attached hydrogens (tertiary/aromatic N) is 3. The Morgan fingerprint density at radius 3 is 2.74 bits per heavy atom. The molecule has 0 aliphatic carbocycles. The maximum atomic E-state index is 13.0. The van der Waals surface area contributed by atoms with Gasteiger partial charge in [0.1, 0.15) is 16.8 Å². The van der Waals surface area contributed by atoms with Crippen LogP contribution >= 0.6 is 11.6 Å². The lowest BCUT2D eigenvalue weighted by Gasteiger charge is -2.34. The lowest BCUT2D eigenvalue weighted by Crippen LogP contribution is -2.49. The maximum absolute atomic E-state index is 13.0. The summed E-state index contributed by atoms with van der Waals surface area (Å²) in [5.74, 6) is -0.200. The first kappa shape index (κ1) is 24.6. The number of aromatic amines is 1. The van der Waals surface area contributed by atoms with Gasteiger partial charge in [-0.05, 0) is 51.3 Å². The Morgan fingerprint density at radius 1 is 1.31 bits per heavy atom. The zero-order chi connectivity index (χ0) is 25.3. The van der Waals surface area contributed by atoms with E-state index in [1.807, 2.05) is 43.9 Å². The Balaban J connectivity index is 1.72. The number of pyridine rings is 1. The van der Waals surface area contributed by atoms with Crippen LogP contribution in [-0.4, -0.2) is 51.3 Å². The molecule has 3 aromatic rings. The molecule has 2 amide bonds. The van der Waals surface area contributed by atoms with Crippen molar-refractivity contribution in [3.05, 3.63) is 57.0 Å². The maximum Gasteiger partial charge on any atom is 0.407 e. The summed E-state index contributed by atoms with van der Waals surface area (Å²) in [6, 6.07) is 8.69. The number of anilines is 1. The van der Waals surface area contributed by atoms with E-state index in [9.17, 15) is 14.4 Å². The van der Waals surface area contributed by atoms with Crippen molar-refractivity contribution in [2.45, 2.75) is 51.8 Å². The number of halogens is 1. The number of fused-ring (bicyclic) bond motifs is 1. The minimum Gasteiger partial charge on any atom is -0.444 e. The Labute approximate surface area is 207 Å². The molecule has 10 nitrogen and oxygen atoms in total. The lowest BCUT2D eigenvalue weighted by molar-refractivity contribution is 0.0499. The van der Waals surface area contributed by atoms with Crippen molar-refractivity contribution >= 4 is 40.6 Å². The molecule has 1 aliphatic rings. The summed E-state index contributed by atoms with van der Waals surface area (Å²) in [7, 11) is 0. The number of rotatable bonds is 5. The summed E-state index contributed by atoms with van der Waals surface area (Å²) < 4.78 is 7.19. The van der Waals surface area contributed by atoms with Crippen molar-refractivity contribution in [1.29, 1.82) is 0 Å². The molecule has 1 aromatic carbocycles. The summed E-state index contributed by atoms with van der Waals surface area (Å²) in [4.78, 5) is 46.3. The first-order chi connectivity index (χ1) is 16.5. The number of piperidine rings is 1. The molecule has 3 heterocycles. The molecule has 0 bridgehead atoms. The number of alkyl carbamates (subject to hydrolysis) is 1. The van der Waals surface area contributed by atoms with Crippen molar-refractivity contribution in [2.24, 2.45) is 5.73 Å². The van der Waals surface area contributed by atoms with Gasteiger partial charge in [-0.25, -0.2) is 9.78 Å². The van der Waals surface area contributed by atoms with Crippen molar-refractivity contribution in [3.63, 3.8) is 0 Å². The van der Waals surface area contributed by atoms with Crippen LogP contribution in [0.25, 0.3) is 11.0 Å². The first-order valence-electron chi connectivity index (χ1n) is 11.4. The molecule has 1 fully saturated rings. The molecule has 0 spiro atoms. The van der Waals surface area contributed by atoms with Gasteiger partial charge in [-0.2, -0.15) is 0 Å². The number of imidazole rings is 1. The van der Waals surface area contributed by atoms with E-state index >= 15 is 0 Å². The molecule has 11 heteroatoms. The summed E-state index contributed by atoms with van der Waals surface area (Å²) >= 11 is 6.41. The van der Waals surface area contributed by atoms with Gasteiger partial charge in [0.2, 0.25) is 5.95 Å². The molecule has 0 unspecified atom stereocenters. The fourth-order valence-electron chi connectivity index (χ4n) is 4.22. The Bertz CT molecular complexity index is 1330. The number of benzene rings is 1. The quantitative estimate of drug-likeness (QED) is 0.492. The van der Waals surface area contributed by atoms with Gasteiger partial charge in [-0.1, -0.05) is 29.8 Å². The van der Waals surface area contributed by atoms with Crippen LogP contribution in [0.3, 0.4) is 0 Å². The number of nitrogens with one attached hydrogen (secondary N) is 2. The number of amides is 2. The second-order valence-electron chi connectivity index (χ2n) is 9.63. The van der Waals surface area contributed by atoms with Crippen LogP contribution in [0.5, 0.6) is 0 Å². The van der Waals surface area contributed by atoms with Crippen LogP contribution in [0.4, 0.5) is 10.7 Å². The topological polar surface area (TPSA) is 135 Å². The van der Waals surface area contributed by atoms with Crippen molar-refractivity contribution < 1.29 is 14.3 Å². The standard InChI is InChI=1S/C24H29ClN6O4/c1-24(2,3)35-23(34)27-15-8-6-10-30(13-15)22-29-17-11-18(20(26)32)28-21(33)19(17)31(22)12-14-7-4-5-9-16(14)25/h4-5,7,9,11,15H,6,8,10,12-13H2,1-3H3,(H2,26,32)(H,27,34)(H,28,33)/t15-/m1/s1. The molecular weight excluding hydrogens is 472 g/mol. The molecule has 186 valence electrons. The number of hydrogen-bond donors (Lipinski definition) is 3. The molecule has 2 aromatic heterocycles. The second kappa shape index (κ2) is 9.61. The third-order valence-electron chi connectivity index (χ3n) is 5.70. The fraction of sp³-hybridized carbons (Fsp3) is 0.417. The highest BCUT2D eigenvalue weighted by atomic mass is 35.5. The summed E-state index contributed by atoms with van der Waals surface area (Å²) in [5, 5.41) is 3.50. The highest BCUT2D eigenvalue weighted by Crippen LogP contribution is 2.27. The molecular formula is C24H29ClN6O4. The fourth-order valence-corrected chi connectivity index (χ4v) is 4.42. The number of hydrogen-bond acceptors (Lipinski definition) is 6. The zero-order valence-electron chi connectivity index (χ0n) is 19.9. The highest BCUT2D eigenvalue weighted by Gasteiger charge is 2.28. The predicted molar refractivity (Wildman–Crippen MR) is 134 cm³/mol. The van der Waals surface area contributed by atoms with E-state index in [-0.39, 0.29) is 11.7 Å². The van der Waals surface area contributed by atoms with E-state index in [1.165, 1.54) is 6.07 Å². The third-order valence-corrected chi connectivity index (χ3v) is 6.06. The third kappa shape index (κ3) is 5.59. The average molecular weight is 501 g/mol. The largest absolute Gasteiger partial charge is 0.444 e.